The van der Waals surface area contributed by atoms with Crippen molar-refractivity contribution in [3.8, 4) is 5.69 Å². The number of hydrogen-bond donors (Lipinski definition) is 1. The summed E-state index contributed by atoms with van der Waals surface area (Å²) in [5.74, 6) is 0.0764. The second-order valence-electron chi connectivity index (χ2n) is 9.89. The number of aromatic carboxylic acids is 1. The predicted octanol–water partition coefficient (Wildman–Crippen LogP) is 6.29. The minimum absolute atomic E-state index is 0.0629. The number of carboxylic acid groups (broad SMARTS) is 1. The van der Waals surface area contributed by atoms with E-state index < -0.39 is 11.8 Å². The Morgan fingerprint density at radius 3 is 2.57 bits per heavy atom. The van der Waals surface area contributed by atoms with Crippen LogP contribution in [0.1, 0.15) is 40.5 Å². The summed E-state index contributed by atoms with van der Waals surface area (Å²) in [5, 5.41) is 19.9. The molecule has 0 amide bonds. The number of thiazole rings is 1. The number of anilines is 1. The number of allylic oxidation sites excluding steroid dienone is 1. The maximum absolute atomic E-state index is 14.4. The van der Waals surface area contributed by atoms with E-state index in [4.69, 9.17) is 23.2 Å². The summed E-state index contributed by atoms with van der Waals surface area (Å²) in [4.78, 5) is 17.9. The van der Waals surface area contributed by atoms with Crippen molar-refractivity contribution in [2.45, 2.75) is 18.8 Å². The fourth-order valence-corrected chi connectivity index (χ4v) is 7.01. The number of aromatic nitrogens is 4. The molecule has 3 aliphatic rings. The molecule has 188 valence electrons. The van der Waals surface area contributed by atoms with Crippen LogP contribution in [-0.4, -0.2) is 44.1 Å². The van der Waals surface area contributed by atoms with Gasteiger partial charge in [0.2, 0.25) is 0 Å². The Balaban J connectivity index is 1.11. The van der Waals surface area contributed by atoms with E-state index in [9.17, 15) is 14.3 Å². The average molecular weight is 556 g/mol. The summed E-state index contributed by atoms with van der Waals surface area (Å²) in [6, 6.07) is 7.92. The predicted molar refractivity (Wildman–Crippen MR) is 142 cm³/mol. The lowest BCUT2D eigenvalue weighted by molar-refractivity contribution is 0.0696. The van der Waals surface area contributed by atoms with Gasteiger partial charge in [-0.05, 0) is 60.9 Å². The van der Waals surface area contributed by atoms with Gasteiger partial charge in [-0.25, -0.2) is 18.9 Å². The first kappa shape index (κ1) is 23.1. The van der Waals surface area contributed by atoms with Crippen molar-refractivity contribution in [1.82, 2.24) is 20.0 Å². The number of carbonyl (C=O) groups is 1. The average Bonchev–Trinajstić information content (AvgIpc) is 3.62. The summed E-state index contributed by atoms with van der Waals surface area (Å²) in [5.41, 5.74) is 2.72. The molecule has 7 nitrogen and oxygen atoms in total. The van der Waals surface area contributed by atoms with Crippen molar-refractivity contribution >= 4 is 61.9 Å². The highest BCUT2D eigenvalue weighted by Crippen LogP contribution is 2.54. The van der Waals surface area contributed by atoms with Crippen molar-refractivity contribution in [1.29, 1.82) is 0 Å². The Kier molecular flexibility index (Phi) is 5.32. The Bertz CT molecular complexity index is 1580. The molecule has 37 heavy (non-hydrogen) atoms. The fraction of sp³-hybridized carbons (Fsp3) is 0.308. The van der Waals surface area contributed by atoms with Gasteiger partial charge in [-0.1, -0.05) is 51.9 Å². The third kappa shape index (κ3) is 3.91. The molecule has 1 aliphatic heterocycles. The van der Waals surface area contributed by atoms with Gasteiger partial charge in [0, 0.05) is 19.0 Å². The number of piperidine rings is 1. The summed E-state index contributed by atoms with van der Waals surface area (Å²) in [6.07, 6.45) is 6.57. The van der Waals surface area contributed by atoms with Crippen LogP contribution in [0.25, 0.3) is 22.0 Å². The van der Waals surface area contributed by atoms with Gasteiger partial charge < -0.3 is 10.0 Å². The number of para-hydroxylation sites is 1. The van der Waals surface area contributed by atoms with Gasteiger partial charge in [-0.3, -0.25) is 0 Å². The molecule has 3 heterocycles. The Morgan fingerprint density at radius 1 is 1.16 bits per heavy atom. The number of halogens is 3. The zero-order valence-electron chi connectivity index (χ0n) is 19.3. The molecule has 1 N–H and O–H groups in total. The quantitative estimate of drug-likeness (QED) is 0.300. The number of hydrogen-bond acceptors (Lipinski definition) is 6. The monoisotopic (exact) mass is 555 g/mol. The van der Waals surface area contributed by atoms with Crippen molar-refractivity contribution in [3.05, 3.63) is 69.2 Å². The zero-order valence-corrected chi connectivity index (χ0v) is 21.6. The third-order valence-corrected chi connectivity index (χ3v) is 9.21. The first-order valence-corrected chi connectivity index (χ1v) is 13.6. The van der Waals surface area contributed by atoms with Gasteiger partial charge in [0.05, 0.1) is 31.7 Å². The van der Waals surface area contributed by atoms with Crippen LogP contribution < -0.4 is 4.90 Å². The molecule has 2 aromatic carbocycles. The lowest BCUT2D eigenvalue weighted by Gasteiger charge is -2.17. The number of rotatable bonds is 6. The highest BCUT2D eigenvalue weighted by molar-refractivity contribution is 7.22. The number of carboxylic acids is 1. The molecule has 2 saturated carbocycles. The van der Waals surface area contributed by atoms with Crippen molar-refractivity contribution < 1.29 is 14.3 Å². The summed E-state index contributed by atoms with van der Waals surface area (Å²) in [6.45, 7) is 1.66. The van der Waals surface area contributed by atoms with E-state index in [-0.39, 0.29) is 11.1 Å². The molecule has 1 saturated heterocycles. The largest absolute Gasteiger partial charge is 0.478 e. The highest BCUT2D eigenvalue weighted by Gasteiger charge is 2.54. The van der Waals surface area contributed by atoms with Crippen molar-refractivity contribution in [3.63, 3.8) is 0 Å². The molecule has 0 bridgehead atoms. The van der Waals surface area contributed by atoms with Gasteiger partial charge in [-0.2, -0.15) is 0 Å². The molecule has 2 aromatic heterocycles. The van der Waals surface area contributed by atoms with Crippen LogP contribution >= 0.6 is 34.5 Å². The molecule has 2 unspecified atom stereocenters. The van der Waals surface area contributed by atoms with Gasteiger partial charge in [-0.15, -0.1) is 5.10 Å². The van der Waals surface area contributed by atoms with Gasteiger partial charge in [0.25, 0.3) is 0 Å². The van der Waals surface area contributed by atoms with E-state index in [0.717, 1.165) is 48.5 Å². The fourth-order valence-electron chi connectivity index (χ4n) is 5.41. The topological polar surface area (TPSA) is 84.1 Å². The SMILES string of the molecule is O=C(O)c1cc(F)c2nc(N3CC4C(/C=C/c5c(C6CC6)nnn5-c5c(Cl)cccc5Cl)C4C3)sc2c1. The molecule has 0 radical (unpaired) electrons. The molecule has 0 spiro atoms. The van der Waals surface area contributed by atoms with Gasteiger partial charge in [0.15, 0.2) is 10.9 Å². The van der Waals surface area contributed by atoms with Crippen LogP contribution in [0.5, 0.6) is 0 Å². The summed E-state index contributed by atoms with van der Waals surface area (Å²) in [7, 11) is 0. The zero-order chi connectivity index (χ0) is 25.4. The molecular formula is C26H20Cl2FN5O2S. The van der Waals surface area contributed by atoms with Crippen LogP contribution in [-0.2, 0) is 0 Å². The van der Waals surface area contributed by atoms with Crippen LogP contribution in [0, 0.1) is 23.6 Å². The Hall–Kier alpha value is -3.01. The van der Waals surface area contributed by atoms with Crippen LogP contribution in [0.3, 0.4) is 0 Å². The minimum Gasteiger partial charge on any atom is -0.478 e. The first-order chi connectivity index (χ1) is 17.9. The van der Waals surface area contributed by atoms with Crippen molar-refractivity contribution in [2.24, 2.45) is 17.8 Å². The molecule has 2 aliphatic carbocycles. The Labute approximate surface area is 225 Å². The van der Waals surface area contributed by atoms with Gasteiger partial charge in [0.1, 0.15) is 11.2 Å². The number of benzene rings is 2. The summed E-state index contributed by atoms with van der Waals surface area (Å²) >= 11 is 14.3. The highest BCUT2D eigenvalue weighted by atomic mass is 35.5. The number of nitrogens with zero attached hydrogens (tertiary/aromatic N) is 5. The van der Waals surface area contributed by atoms with E-state index in [1.165, 1.54) is 17.4 Å². The number of fused-ring (bicyclic) bond motifs is 2. The van der Waals surface area contributed by atoms with Crippen LogP contribution in [0.2, 0.25) is 10.0 Å². The third-order valence-electron chi connectivity index (χ3n) is 7.54. The molecular weight excluding hydrogens is 536 g/mol. The van der Waals surface area contributed by atoms with E-state index in [1.807, 2.05) is 6.07 Å². The van der Waals surface area contributed by atoms with E-state index >= 15 is 0 Å². The minimum atomic E-state index is -1.15. The van der Waals surface area contributed by atoms with Crippen LogP contribution in [0.4, 0.5) is 9.52 Å². The second-order valence-corrected chi connectivity index (χ2v) is 11.7. The molecule has 3 fully saturated rings. The van der Waals surface area contributed by atoms with E-state index in [2.05, 4.69) is 32.3 Å². The maximum atomic E-state index is 14.4. The van der Waals surface area contributed by atoms with Crippen LogP contribution in [0.15, 0.2) is 36.4 Å². The van der Waals surface area contributed by atoms with E-state index in [1.54, 1.807) is 16.8 Å². The smallest absolute Gasteiger partial charge is 0.335 e. The second kappa shape index (κ2) is 8.51. The normalized spacial score (nSPS) is 22.8. The standard InChI is InChI=1S/C26H20Cl2FN5O2S/c27-17-2-1-3-18(28)24(17)34-20(22(31-32-34)12-4-5-12)7-6-14-15-10-33(11-16(14)15)26-30-23-19(29)8-13(25(35)36)9-21(23)37-26/h1-3,6-9,12,14-16H,4-5,10-11H2,(H,35,36)/b7-6+. The van der Waals surface area contributed by atoms with Crippen molar-refractivity contribution in [2.75, 3.05) is 18.0 Å². The molecule has 7 rings (SSSR count). The first-order valence-electron chi connectivity index (χ1n) is 12.1. The molecule has 2 atom stereocenters. The molecule has 11 heteroatoms. The van der Waals surface area contributed by atoms with E-state index in [0.29, 0.717) is 44.1 Å². The lowest BCUT2D eigenvalue weighted by atomic mass is 10.1. The molecule has 4 aromatic rings. The maximum Gasteiger partial charge on any atom is 0.335 e. The summed E-state index contributed by atoms with van der Waals surface area (Å²) < 4.78 is 16.7. The Morgan fingerprint density at radius 2 is 1.89 bits per heavy atom. The lowest BCUT2D eigenvalue weighted by Crippen LogP contribution is -2.23. The van der Waals surface area contributed by atoms with Gasteiger partial charge >= 0.3 is 5.97 Å².